The quantitative estimate of drug-likeness (QED) is 0.616. The Morgan fingerprint density at radius 2 is 1.88 bits per heavy atom. The van der Waals surface area contributed by atoms with Crippen molar-refractivity contribution in [1.29, 1.82) is 0 Å². The van der Waals surface area contributed by atoms with E-state index in [2.05, 4.69) is 19.2 Å². The predicted octanol–water partition coefficient (Wildman–Crippen LogP) is 4.42. The zero-order valence-electron chi connectivity index (χ0n) is 15.6. The molecule has 0 aromatic heterocycles. The largest absolute Gasteiger partial charge is 0.493 e. The van der Waals surface area contributed by atoms with E-state index < -0.39 is 5.97 Å². The van der Waals surface area contributed by atoms with Gasteiger partial charge in [-0.15, -0.1) is 0 Å². The van der Waals surface area contributed by atoms with Crippen LogP contribution < -0.4 is 14.8 Å². The Labute approximate surface area is 155 Å². The van der Waals surface area contributed by atoms with Crippen molar-refractivity contribution >= 4 is 5.97 Å². The van der Waals surface area contributed by atoms with Gasteiger partial charge in [0.1, 0.15) is 0 Å². The SMILES string of the molecule is CCCCOc1ccc(C(C)NCc2ccc(C(=O)O)cc2)cc1OC. The molecule has 5 nitrogen and oxygen atoms in total. The van der Waals surface area contributed by atoms with Crippen LogP contribution in [0.5, 0.6) is 11.5 Å². The van der Waals surface area contributed by atoms with Crippen LogP contribution in [0.15, 0.2) is 42.5 Å². The highest BCUT2D eigenvalue weighted by Crippen LogP contribution is 2.30. The Morgan fingerprint density at radius 1 is 1.15 bits per heavy atom. The van der Waals surface area contributed by atoms with Crippen LogP contribution in [-0.4, -0.2) is 24.8 Å². The van der Waals surface area contributed by atoms with Gasteiger partial charge in [-0.2, -0.15) is 0 Å². The monoisotopic (exact) mass is 357 g/mol. The van der Waals surface area contributed by atoms with Gasteiger partial charge in [-0.25, -0.2) is 4.79 Å². The Balaban J connectivity index is 1.97. The number of rotatable bonds is 10. The molecule has 0 saturated carbocycles. The smallest absolute Gasteiger partial charge is 0.335 e. The topological polar surface area (TPSA) is 67.8 Å². The van der Waals surface area contributed by atoms with E-state index in [0.717, 1.165) is 35.5 Å². The number of carboxylic acid groups (broad SMARTS) is 1. The molecule has 0 bridgehead atoms. The lowest BCUT2D eigenvalue weighted by Crippen LogP contribution is -2.18. The maximum atomic E-state index is 10.9. The van der Waals surface area contributed by atoms with Gasteiger partial charge < -0.3 is 19.9 Å². The molecule has 0 amide bonds. The van der Waals surface area contributed by atoms with Gasteiger partial charge in [-0.1, -0.05) is 31.5 Å². The molecule has 0 saturated heterocycles. The summed E-state index contributed by atoms with van der Waals surface area (Å²) in [6.07, 6.45) is 2.11. The maximum absolute atomic E-state index is 10.9. The molecule has 2 rings (SSSR count). The van der Waals surface area contributed by atoms with E-state index in [-0.39, 0.29) is 6.04 Å². The lowest BCUT2D eigenvalue weighted by molar-refractivity contribution is 0.0697. The first-order valence-corrected chi connectivity index (χ1v) is 8.91. The summed E-state index contributed by atoms with van der Waals surface area (Å²) in [4.78, 5) is 10.9. The molecule has 26 heavy (non-hydrogen) atoms. The lowest BCUT2D eigenvalue weighted by Gasteiger charge is -2.17. The Hall–Kier alpha value is -2.53. The molecule has 1 atom stereocenters. The number of hydrogen-bond acceptors (Lipinski definition) is 4. The number of unbranched alkanes of at least 4 members (excludes halogenated alkanes) is 1. The molecule has 0 fully saturated rings. The van der Waals surface area contributed by atoms with Crippen LogP contribution in [-0.2, 0) is 6.54 Å². The van der Waals surface area contributed by atoms with Gasteiger partial charge in [0.25, 0.3) is 0 Å². The number of methoxy groups -OCH3 is 1. The summed E-state index contributed by atoms with van der Waals surface area (Å²) in [7, 11) is 1.65. The summed E-state index contributed by atoms with van der Waals surface area (Å²) < 4.78 is 11.2. The van der Waals surface area contributed by atoms with Crippen molar-refractivity contribution in [2.24, 2.45) is 0 Å². The molecule has 0 radical (unpaired) electrons. The second-order valence-corrected chi connectivity index (χ2v) is 6.22. The highest BCUT2D eigenvalue weighted by molar-refractivity contribution is 5.87. The van der Waals surface area contributed by atoms with Gasteiger partial charge in [0.2, 0.25) is 0 Å². The average Bonchev–Trinajstić information content (AvgIpc) is 2.66. The fourth-order valence-electron chi connectivity index (χ4n) is 2.55. The molecule has 0 aliphatic carbocycles. The van der Waals surface area contributed by atoms with Gasteiger partial charge in [-0.05, 0) is 48.7 Å². The van der Waals surface area contributed by atoms with Gasteiger partial charge in [-0.3, -0.25) is 0 Å². The molecule has 5 heteroatoms. The van der Waals surface area contributed by atoms with Crippen LogP contribution in [0, 0.1) is 0 Å². The molecule has 2 aromatic rings. The summed E-state index contributed by atoms with van der Waals surface area (Å²) in [5, 5.41) is 12.4. The number of carboxylic acids is 1. The minimum absolute atomic E-state index is 0.118. The van der Waals surface area contributed by atoms with E-state index in [1.54, 1.807) is 19.2 Å². The van der Waals surface area contributed by atoms with Crippen LogP contribution in [0.25, 0.3) is 0 Å². The molecule has 2 aromatic carbocycles. The first-order chi connectivity index (χ1) is 12.5. The van der Waals surface area contributed by atoms with Gasteiger partial charge in [0.05, 0.1) is 19.3 Å². The number of ether oxygens (including phenoxy) is 2. The van der Waals surface area contributed by atoms with E-state index in [9.17, 15) is 4.79 Å². The number of carbonyl (C=O) groups is 1. The first-order valence-electron chi connectivity index (χ1n) is 8.91. The fourth-order valence-corrected chi connectivity index (χ4v) is 2.55. The summed E-state index contributed by atoms with van der Waals surface area (Å²) in [5.41, 5.74) is 2.44. The summed E-state index contributed by atoms with van der Waals surface area (Å²) in [6, 6.07) is 13.0. The van der Waals surface area contributed by atoms with Crippen molar-refractivity contribution in [2.75, 3.05) is 13.7 Å². The molecular formula is C21H27NO4. The number of aromatic carboxylic acids is 1. The third-order valence-electron chi connectivity index (χ3n) is 4.26. The standard InChI is InChI=1S/C21H27NO4/c1-4-5-12-26-19-11-10-18(13-20(19)25-3)15(2)22-14-16-6-8-17(9-7-16)21(23)24/h6-11,13,15,22H,4-5,12,14H2,1-3H3,(H,23,24). The summed E-state index contributed by atoms with van der Waals surface area (Å²) in [6.45, 7) is 5.55. The van der Waals surface area contributed by atoms with E-state index in [0.29, 0.717) is 18.7 Å². The first kappa shape index (κ1) is 19.8. The highest BCUT2D eigenvalue weighted by Gasteiger charge is 2.11. The Bertz CT molecular complexity index is 712. The molecule has 0 aliphatic heterocycles. The van der Waals surface area contributed by atoms with Crippen molar-refractivity contribution in [3.05, 3.63) is 59.2 Å². The number of nitrogens with one attached hydrogen (secondary N) is 1. The second kappa shape index (κ2) is 9.82. The van der Waals surface area contributed by atoms with Gasteiger partial charge in [0, 0.05) is 12.6 Å². The third kappa shape index (κ3) is 5.49. The third-order valence-corrected chi connectivity index (χ3v) is 4.26. The van der Waals surface area contributed by atoms with Crippen molar-refractivity contribution in [1.82, 2.24) is 5.32 Å². The normalized spacial score (nSPS) is 11.8. The molecule has 1 unspecified atom stereocenters. The Kier molecular flexibility index (Phi) is 7.48. The lowest BCUT2D eigenvalue weighted by atomic mass is 10.1. The molecule has 0 heterocycles. The summed E-state index contributed by atoms with van der Waals surface area (Å²) in [5.74, 6) is 0.588. The Morgan fingerprint density at radius 3 is 2.50 bits per heavy atom. The van der Waals surface area contributed by atoms with Crippen LogP contribution in [0.3, 0.4) is 0 Å². The molecular weight excluding hydrogens is 330 g/mol. The van der Waals surface area contributed by atoms with E-state index in [1.807, 2.05) is 30.3 Å². The number of benzene rings is 2. The minimum atomic E-state index is -0.911. The molecule has 0 spiro atoms. The van der Waals surface area contributed by atoms with Crippen molar-refractivity contribution in [2.45, 2.75) is 39.3 Å². The maximum Gasteiger partial charge on any atom is 0.335 e. The zero-order chi connectivity index (χ0) is 18.9. The van der Waals surface area contributed by atoms with Crippen LogP contribution >= 0.6 is 0 Å². The second-order valence-electron chi connectivity index (χ2n) is 6.22. The van der Waals surface area contributed by atoms with Crippen molar-refractivity contribution in [3.8, 4) is 11.5 Å². The van der Waals surface area contributed by atoms with Crippen LogP contribution in [0.4, 0.5) is 0 Å². The highest BCUT2D eigenvalue weighted by atomic mass is 16.5. The van der Waals surface area contributed by atoms with Crippen molar-refractivity contribution in [3.63, 3.8) is 0 Å². The van der Waals surface area contributed by atoms with Gasteiger partial charge in [0.15, 0.2) is 11.5 Å². The van der Waals surface area contributed by atoms with Crippen LogP contribution in [0.1, 0.15) is 54.2 Å². The minimum Gasteiger partial charge on any atom is -0.493 e. The van der Waals surface area contributed by atoms with E-state index in [1.165, 1.54) is 0 Å². The van der Waals surface area contributed by atoms with Gasteiger partial charge >= 0.3 is 5.97 Å². The fraction of sp³-hybridized carbons (Fsp3) is 0.381. The number of hydrogen-bond donors (Lipinski definition) is 2. The molecule has 2 N–H and O–H groups in total. The molecule has 140 valence electrons. The van der Waals surface area contributed by atoms with E-state index in [4.69, 9.17) is 14.6 Å². The van der Waals surface area contributed by atoms with Crippen molar-refractivity contribution < 1.29 is 19.4 Å². The van der Waals surface area contributed by atoms with E-state index >= 15 is 0 Å². The molecule has 0 aliphatic rings. The van der Waals surface area contributed by atoms with Crippen LogP contribution in [0.2, 0.25) is 0 Å². The zero-order valence-corrected chi connectivity index (χ0v) is 15.6. The summed E-state index contributed by atoms with van der Waals surface area (Å²) >= 11 is 0. The average molecular weight is 357 g/mol. The predicted molar refractivity (Wildman–Crippen MR) is 102 cm³/mol.